The smallest absolute Gasteiger partial charge is 0.218 e. The van der Waals surface area contributed by atoms with E-state index in [1.165, 1.54) is 19.3 Å². The number of likely N-dealkylation sites (tertiary alicyclic amines) is 1. The van der Waals surface area contributed by atoms with Gasteiger partial charge < -0.3 is 5.32 Å². The minimum Gasteiger partial charge on any atom is -0.318 e. The molecule has 5 nitrogen and oxygen atoms in total. The molecule has 2 rings (SSSR count). The monoisotopic (exact) mass is 289 g/mol. The number of nitrogens with one attached hydrogen (secondary N) is 1. The largest absolute Gasteiger partial charge is 0.318 e. The topological polar surface area (TPSA) is 52.7 Å². The van der Waals surface area contributed by atoms with Crippen molar-refractivity contribution in [2.45, 2.75) is 43.9 Å². The Labute approximate surface area is 117 Å². The summed E-state index contributed by atoms with van der Waals surface area (Å²) in [5.41, 5.74) is 0. The van der Waals surface area contributed by atoms with Gasteiger partial charge in [-0.2, -0.15) is 0 Å². The Bertz CT molecular complexity index is 379. The average molecular weight is 289 g/mol. The minimum atomic E-state index is -3.13. The van der Waals surface area contributed by atoms with Gasteiger partial charge >= 0.3 is 0 Å². The first-order chi connectivity index (χ1) is 9.05. The SMILES string of the molecule is CNCC(C)S(=O)(=O)N1CCC(N2CCCCC2)C1. The van der Waals surface area contributed by atoms with Crippen molar-refractivity contribution in [3.05, 3.63) is 0 Å². The van der Waals surface area contributed by atoms with Crippen LogP contribution in [0.5, 0.6) is 0 Å². The fourth-order valence-electron chi connectivity index (χ4n) is 3.17. The number of sulfonamides is 1. The third kappa shape index (κ3) is 3.48. The summed E-state index contributed by atoms with van der Waals surface area (Å²) >= 11 is 0. The second-order valence-corrected chi connectivity index (χ2v) is 8.16. The molecular formula is C13H27N3O2S. The molecule has 0 spiro atoms. The molecule has 2 aliphatic rings. The van der Waals surface area contributed by atoms with Gasteiger partial charge in [0.05, 0.1) is 5.25 Å². The van der Waals surface area contributed by atoms with Crippen LogP contribution in [0.15, 0.2) is 0 Å². The summed E-state index contributed by atoms with van der Waals surface area (Å²) < 4.78 is 26.5. The summed E-state index contributed by atoms with van der Waals surface area (Å²) in [5, 5.41) is 2.62. The van der Waals surface area contributed by atoms with Crippen LogP contribution in [0, 0.1) is 0 Å². The van der Waals surface area contributed by atoms with Gasteiger partial charge in [-0.1, -0.05) is 6.42 Å². The van der Waals surface area contributed by atoms with Crippen LogP contribution >= 0.6 is 0 Å². The van der Waals surface area contributed by atoms with Gasteiger partial charge in [-0.25, -0.2) is 12.7 Å². The van der Waals surface area contributed by atoms with Crippen LogP contribution in [0.25, 0.3) is 0 Å². The van der Waals surface area contributed by atoms with E-state index in [9.17, 15) is 8.42 Å². The molecule has 19 heavy (non-hydrogen) atoms. The fourth-order valence-corrected chi connectivity index (χ4v) is 4.80. The van der Waals surface area contributed by atoms with Crippen LogP contribution in [0.1, 0.15) is 32.6 Å². The van der Waals surface area contributed by atoms with E-state index >= 15 is 0 Å². The first-order valence-electron chi connectivity index (χ1n) is 7.43. The van der Waals surface area contributed by atoms with E-state index in [0.717, 1.165) is 19.5 Å². The highest BCUT2D eigenvalue weighted by atomic mass is 32.2. The van der Waals surface area contributed by atoms with Crippen molar-refractivity contribution < 1.29 is 8.42 Å². The van der Waals surface area contributed by atoms with Gasteiger partial charge in [0.15, 0.2) is 0 Å². The van der Waals surface area contributed by atoms with E-state index in [-0.39, 0.29) is 5.25 Å². The molecule has 0 radical (unpaired) electrons. The van der Waals surface area contributed by atoms with Crippen molar-refractivity contribution in [1.29, 1.82) is 0 Å². The van der Waals surface area contributed by atoms with Gasteiger partial charge in [-0.3, -0.25) is 4.90 Å². The Morgan fingerprint density at radius 1 is 1.21 bits per heavy atom. The normalized spacial score (nSPS) is 28.6. The standard InChI is InChI=1S/C13H27N3O2S/c1-12(10-14-2)19(17,18)16-9-6-13(11-16)15-7-4-3-5-8-15/h12-14H,3-11H2,1-2H3. The zero-order valence-corrected chi connectivity index (χ0v) is 13.0. The summed E-state index contributed by atoms with van der Waals surface area (Å²) in [6, 6.07) is 0.442. The second-order valence-electron chi connectivity index (χ2n) is 5.81. The van der Waals surface area contributed by atoms with Gasteiger partial charge in [0.2, 0.25) is 10.0 Å². The molecule has 0 amide bonds. The highest BCUT2D eigenvalue weighted by Crippen LogP contribution is 2.23. The Hall–Kier alpha value is -0.170. The van der Waals surface area contributed by atoms with E-state index in [2.05, 4.69) is 10.2 Å². The molecule has 2 heterocycles. The van der Waals surface area contributed by atoms with Gasteiger partial charge in [0, 0.05) is 25.7 Å². The maximum absolute atomic E-state index is 12.4. The van der Waals surface area contributed by atoms with Crippen molar-refractivity contribution >= 4 is 10.0 Å². The number of piperidine rings is 1. The lowest BCUT2D eigenvalue weighted by Gasteiger charge is -2.32. The van der Waals surface area contributed by atoms with Gasteiger partial charge in [-0.15, -0.1) is 0 Å². The molecule has 0 aromatic carbocycles. The molecule has 112 valence electrons. The Morgan fingerprint density at radius 2 is 1.89 bits per heavy atom. The van der Waals surface area contributed by atoms with Crippen molar-refractivity contribution in [3.63, 3.8) is 0 Å². The van der Waals surface area contributed by atoms with E-state index in [0.29, 0.717) is 25.7 Å². The molecule has 6 heteroatoms. The van der Waals surface area contributed by atoms with E-state index in [4.69, 9.17) is 0 Å². The molecule has 0 saturated carbocycles. The van der Waals surface area contributed by atoms with Crippen LogP contribution in [-0.2, 0) is 10.0 Å². The average Bonchev–Trinajstić information content (AvgIpc) is 2.90. The van der Waals surface area contributed by atoms with Crippen LogP contribution in [0.2, 0.25) is 0 Å². The molecule has 0 aromatic heterocycles. The third-order valence-corrected chi connectivity index (χ3v) is 6.63. The summed E-state index contributed by atoms with van der Waals surface area (Å²) in [7, 11) is -1.33. The van der Waals surface area contributed by atoms with Crippen LogP contribution < -0.4 is 5.32 Å². The maximum atomic E-state index is 12.4. The highest BCUT2D eigenvalue weighted by molar-refractivity contribution is 7.89. The molecule has 0 bridgehead atoms. The lowest BCUT2D eigenvalue weighted by atomic mass is 10.1. The van der Waals surface area contributed by atoms with Crippen molar-refractivity contribution in [2.75, 3.05) is 39.8 Å². The highest BCUT2D eigenvalue weighted by Gasteiger charge is 2.36. The second kappa shape index (κ2) is 6.52. The Balaban J connectivity index is 1.93. The van der Waals surface area contributed by atoms with Gasteiger partial charge in [0.25, 0.3) is 0 Å². The van der Waals surface area contributed by atoms with Crippen molar-refractivity contribution in [2.24, 2.45) is 0 Å². The molecule has 2 fully saturated rings. The van der Waals surface area contributed by atoms with Crippen LogP contribution in [0.4, 0.5) is 0 Å². The Morgan fingerprint density at radius 3 is 2.53 bits per heavy atom. The summed E-state index contributed by atoms with van der Waals surface area (Å²) in [6.45, 7) is 5.98. The summed E-state index contributed by atoms with van der Waals surface area (Å²) in [5.74, 6) is 0. The van der Waals surface area contributed by atoms with Crippen molar-refractivity contribution in [1.82, 2.24) is 14.5 Å². The molecule has 2 saturated heterocycles. The first-order valence-corrected chi connectivity index (χ1v) is 8.93. The molecule has 0 aliphatic carbocycles. The molecule has 1 N–H and O–H groups in total. The lowest BCUT2D eigenvalue weighted by molar-refractivity contribution is 0.169. The van der Waals surface area contributed by atoms with Gasteiger partial charge in [0.1, 0.15) is 0 Å². The van der Waals surface area contributed by atoms with E-state index in [1.54, 1.807) is 18.3 Å². The summed E-state index contributed by atoms with van der Waals surface area (Å²) in [4.78, 5) is 2.49. The lowest BCUT2D eigenvalue weighted by Crippen LogP contribution is -2.44. The molecule has 2 unspecified atom stereocenters. The predicted octanol–water partition coefficient (Wildman–Crippen LogP) is 0.484. The number of rotatable bonds is 5. The molecule has 2 aliphatic heterocycles. The summed E-state index contributed by atoms with van der Waals surface area (Å²) in [6.07, 6.45) is 4.84. The fraction of sp³-hybridized carbons (Fsp3) is 1.00. The molecular weight excluding hydrogens is 262 g/mol. The van der Waals surface area contributed by atoms with Crippen LogP contribution in [0.3, 0.4) is 0 Å². The minimum absolute atomic E-state index is 0.336. The third-order valence-electron chi connectivity index (χ3n) is 4.39. The zero-order chi connectivity index (χ0) is 13.9. The number of hydrogen-bond donors (Lipinski definition) is 1. The van der Waals surface area contributed by atoms with E-state index in [1.807, 2.05) is 0 Å². The number of hydrogen-bond acceptors (Lipinski definition) is 4. The maximum Gasteiger partial charge on any atom is 0.218 e. The molecule has 0 aromatic rings. The zero-order valence-electron chi connectivity index (χ0n) is 12.1. The molecule has 2 atom stereocenters. The number of nitrogens with zero attached hydrogens (tertiary/aromatic N) is 2. The quantitative estimate of drug-likeness (QED) is 0.800. The predicted molar refractivity (Wildman–Crippen MR) is 77.7 cm³/mol. The van der Waals surface area contributed by atoms with Crippen LogP contribution in [-0.4, -0.2) is 68.7 Å². The van der Waals surface area contributed by atoms with Gasteiger partial charge in [-0.05, 0) is 46.3 Å². The first kappa shape index (κ1) is 15.2. The van der Waals surface area contributed by atoms with Crippen molar-refractivity contribution in [3.8, 4) is 0 Å². The Kier molecular flexibility index (Phi) is 5.22. The van der Waals surface area contributed by atoms with E-state index < -0.39 is 10.0 Å².